The highest BCUT2D eigenvalue weighted by atomic mass is 32.2. The second kappa shape index (κ2) is 6.50. The molecule has 0 bridgehead atoms. The van der Waals surface area contributed by atoms with Crippen molar-refractivity contribution < 1.29 is 17.6 Å². The number of halogens is 1. The summed E-state index contributed by atoms with van der Waals surface area (Å²) in [6.07, 6.45) is 0. The van der Waals surface area contributed by atoms with Crippen molar-refractivity contribution in [2.75, 3.05) is 26.7 Å². The normalized spacial score (nSPS) is 20.2. The topological polar surface area (TPSA) is 78.5 Å². The van der Waals surface area contributed by atoms with Gasteiger partial charge in [-0.3, -0.25) is 4.79 Å². The van der Waals surface area contributed by atoms with Crippen molar-refractivity contribution in [1.82, 2.24) is 14.9 Å². The van der Waals surface area contributed by atoms with Crippen LogP contribution in [-0.4, -0.2) is 51.4 Å². The lowest BCUT2D eigenvalue weighted by Gasteiger charge is -2.33. The molecule has 0 radical (unpaired) electrons. The maximum Gasteiger partial charge on any atom is 0.239 e. The fourth-order valence-electron chi connectivity index (χ4n) is 2.28. The third-order valence-electron chi connectivity index (χ3n) is 3.36. The van der Waals surface area contributed by atoms with Gasteiger partial charge in [-0.25, -0.2) is 12.8 Å². The fraction of sp³-hybridized carbons (Fsp3) is 0.462. The molecular formula is C13H18FN3O3S. The molecule has 1 aromatic rings. The van der Waals surface area contributed by atoms with Crippen molar-refractivity contribution in [2.45, 2.75) is 11.8 Å². The second-order valence-corrected chi connectivity index (χ2v) is 6.75. The van der Waals surface area contributed by atoms with Crippen LogP contribution in [0.2, 0.25) is 0 Å². The molecule has 0 spiro atoms. The van der Waals surface area contributed by atoms with Gasteiger partial charge in [0.05, 0.1) is 5.75 Å². The van der Waals surface area contributed by atoms with Gasteiger partial charge in [-0.2, -0.15) is 4.31 Å². The molecule has 21 heavy (non-hydrogen) atoms. The van der Waals surface area contributed by atoms with Gasteiger partial charge in [0, 0.05) is 26.7 Å². The highest BCUT2D eigenvalue weighted by molar-refractivity contribution is 7.88. The third kappa shape index (κ3) is 3.78. The van der Waals surface area contributed by atoms with Crippen molar-refractivity contribution >= 4 is 15.9 Å². The van der Waals surface area contributed by atoms with E-state index in [0.717, 1.165) is 0 Å². The lowest BCUT2D eigenvalue weighted by molar-refractivity contribution is -0.124. The second-order valence-electron chi connectivity index (χ2n) is 4.83. The van der Waals surface area contributed by atoms with Gasteiger partial charge in [0.15, 0.2) is 0 Å². The van der Waals surface area contributed by atoms with E-state index in [1.807, 2.05) is 0 Å². The van der Waals surface area contributed by atoms with Gasteiger partial charge in [0.2, 0.25) is 15.9 Å². The van der Waals surface area contributed by atoms with Crippen LogP contribution >= 0.6 is 0 Å². The van der Waals surface area contributed by atoms with E-state index >= 15 is 0 Å². The van der Waals surface area contributed by atoms with Crippen LogP contribution in [0.1, 0.15) is 5.56 Å². The number of amides is 1. The Morgan fingerprint density at radius 2 is 2.10 bits per heavy atom. The minimum absolute atomic E-state index is 0.238. The number of piperazine rings is 1. The van der Waals surface area contributed by atoms with E-state index in [1.54, 1.807) is 0 Å². The molecule has 8 heteroatoms. The average molecular weight is 315 g/mol. The van der Waals surface area contributed by atoms with Gasteiger partial charge in [-0.1, -0.05) is 12.1 Å². The molecule has 116 valence electrons. The van der Waals surface area contributed by atoms with Gasteiger partial charge in [-0.15, -0.1) is 0 Å². The summed E-state index contributed by atoms with van der Waals surface area (Å²) in [5, 5.41) is 5.48. The summed E-state index contributed by atoms with van der Waals surface area (Å²) < 4.78 is 39.1. The molecule has 2 N–H and O–H groups in total. The molecule has 1 saturated heterocycles. The van der Waals surface area contributed by atoms with Crippen molar-refractivity contribution in [1.29, 1.82) is 0 Å². The van der Waals surface area contributed by atoms with Crippen LogP contribution < -0.4 is 10.6 Å². The van der Waals surface area contributed by atoms with Gasteiger partial charge in [0.25, 0.3) is 0 Å². The van der Waals surface area contributed by atoms with Crippen LogP contribution in [0.5, 0.6) is 0 Å². The number of carbonyl (C=O) groups excluding carboxylic acids is 1. The summed E-state index contributed by atoms with van der Waals surface area (Å²) in [4.78, 5) is 11.8. The number of rotatable bonds is 4. The molecule has 1 unspecified atom stereocenters. The predicted molar refractivity (Wildman–Crippen MR) is 76.5 cm³/mol. The van der Waals surface area contributed by atoms with Crippen molar-refractivity contribution in [2.24, 2.45) is 0 Å². The zero-order valence-corrected chi connectivity index (χ0v) is 12.5. The highest BCUT2D eigenvalue weighted by Crippen LogP contribution is 2.16. The Labute approximate surface area is 123 Å². The van der Waals surface area contributed by atoms with Crippen molar-refractivity contribution in [3.8, 4) is 0 Å². The molecule has 0 aliphatic carbocycles. The first-order valence-electron chi connectivity index (χ1n) is 6.60. The highest BCUT2D eigenvalue weighted by Gasteiger charge is 2.36. The van der Waals surface area contributed by atoms with Gasteiger partial charge in [0.1, 0.15) is 11.9 Å². The standard InChI is InChI=1S/C13H18FN3O3S/c1-15-13(18)12-8-16-6-7-17(12)21(19,20)9-10-2-4-11(14)5-3-10/h2-5,12,16H,6-9H2,1H3,(H,15,18). The zero-order valence-electron chi connectivity index (χ0n) is 11.7. The SMILES string of the molecule is CNC(=O)C1CNCCN1S(=O)(=O)Cc1ccc(F)cc1. The van der Waals surface area contributed by atoms with E-state index < -0.39 is 21.9 Å². The number of hydrogen-bond donors (Lipinski definition) is 2. The maximum atomic E-state index is 12.9. The Balaban J connectivity index is 2.20. The third-order valence-corrected chi connectivity index (χ3v) is 5.21. The van der Waals surface area contributed by atoms with Gasteiger partial charge in [-0.05, 0) is 17.7 Å². The van der Waals surface area contributed by atoms with Crippen LogP contribution in [-0.2, 0) is 20.6 Å². The van der Waals surface area contributed by atoms with E-state index in [4.69, 9.17) is 0 Å². The summed E-state index contributed by atoms with van der Waals surface area (Å²) in [7, 11) is -2.17. The number of hydrogen-bond acceptors (Lipinski definition) is 4. The Hall–Kier alpha value is -1.51. The van der Waals surface area contributed by atoms with Gasteiger partial charge < -0.3 is 10.6 Å². The smallest absolute Gasteiger partial charge is 0.239 e. The largest absolute Gasteiger partial charge is 0.358 e. The van der Waals surface area contributed by atoms with E-state index in [9.17, 15) is 17.6 Å². The van der Waals surface area contributed by atoms with Crippen molar-refractivity contribution in [3.63, 3.8) is 0 Å². The first kappa shape index (κ1) is 15.9. The molecule has 1 amide bonds. The Bertz CT molecular complexity index is 604. The summed E-state index contributed by atoms with van der Waals surface area (Å²) in [5.74, 6) is -1.01. The van der Waals surface area contributed by atoms with E-state index in [2.05, 4.69) is 10.6 Å². The Morgan fingerprint density at radius 1 is 1.43 bits per heavy atom. The van der Waals surface area contributed by atoms with Crippen molar-refractivity contribution in [3.05, 3.63) is 35.6 Å². The Kier molecular flexibility index (Phi) is 4.92. The molecule has 1 atom stereocenters. The quantitative estimate of drug-likeness (QED) is 0.798. The van der Waals surface area contributed by atoms with Gasteiger partial charge >= 0.3 is 0 Å². The lowest BCUT2D eigenvalue weighted by atomic mass is 10.2. The Morgan fingerprint density at radius 3 is 2.71 bits per heavy atom. The lowest BCUT2D eigenvalue weighted by Crippen LogP contribution is -2.59. The summed E-state index contributed by atoms with van der Waals surface area (Å²) in [5.41, 5.74) is 0.491. The van der Waals surface area contributed by atoms with E-state index in [-0.39, 0.29) is 24.7 Å². The molecule has 1 fully saturated rings. The minimum Gasteiger partial charge on any atom is -0.358 e. The van der Waals surface area contributed by atoms with Crippen LogP contribution in [0, 0.1) is 5.82 Å². The van der Waals surface area contributed by atoms with Crippen LogP contribution in [0.4, 0.5) is 4.39 Å². The molecule has 1 heterocycles. The molecule has 0 aromatic heterocycles. The van der Waals surface area contributed by atoms with E-state index in [1.165, 1.54) is 35.6 Å². The molecule has 2 rings (SSSR count). The zero-order chi connectivity index (χ0) is 15.5. The fourth-order valence-corrected chi connectivity index (χ4v) is 3.99. The van der Waals surface area contributed by atoms with E-state index in [0.29, 0.717) is 12.1 Å². The van der Waals surface area contributed by atoms with Crippen LogP contribution in [0.3, 0.4) is 0 Å². The first-order valence-corrected chi connectivity index (χ1v) is 8.21. The number of likely N-dealkylation sites (N-methyl/N-ethyl adjacent to an activating group) is 1. The number of sulfonamides is 1. The molecule has 1 aromatic carbocycles. The molecule has 1 aliphatic heterocycles. The number of nitrogens with zero attached hydrogens (tertiary/aromatic N) is 1. The molecule has 1 aliphatic rings. The molecule has 6 nitrogen and oxygen atoms in total. The number of benzene rings is 1. The average Bonchev–Trinajstić information content (AvgIpc) is 2.48. The molecular weight excluding hydrogens is 297 g/mol. The van der Waals surface area contributed by atoms with Crippen LogP contribution in [0.15, 0.2) is 24.3 Å². The minimum atomic E-state index is -3.64. The van der Waals surface area contributed by atoms with Crippen LogP contribution in [0.25, 0.3) is 0 Å². The number of nitrogens with one attached hydrogen (secondary N) is 2. The first-order chi connectivity index (χ1) is 9.94. The maximum absolute atomic E-state index is 12.9. The predicted octanol–water partition coefficient (Wildman–Crippen LogP) is -0.325. The molecule has 0 saturated carbocycles. The monoisotopic (exact) mass is 315 g/mol. The summed E-state index contributed by atoms with van der Waals surface area (Å²) in [6, 6.07) is 4.56. The summed E-state index contributed by atoms with van der Waals surface area (Å²) in [6.45, 7) is 1.01. The number of carbonyl (C=O) groups is 1. The summed E-state index contributed by atoms with van der Waals surface area (Å²) >= 11 is 0.